The van der Waals surface area contributed by atoms with Crippen LogP contribution in [0.1, 0.15) is 44.2 Å². The van der Waals surface area contributed by atoms with Crippen molar-refractivity contribution in [2.24, 2.45) is 22.2 Å². The highest BCUT2D eigenvalue weighted by Gasteiger charge is 2.57. The molecular formula is C29H29NO4. The molecule has 1 saturated carbocycles. The quantitative estimate of drug-likeness (QED) is 0.488. The fourth-order valence-corrected chi connectivity index (χ4v) is 4.85. The molecule has 0 spiro atoms. The first-order valence-electron chi connectivity index (χ1n) is 11.8. The van der Waals surface area contributed by atoms with E-state index in [1.165, 1.54) is 0 Å². The van der Waals surface area contributed by atoms with Crippen LogP contribution in [0, 0.1) is 29.1 Å². The molecule has 34 heavy (non-hydrogen) atoms. The molecular weight excluding hydrogens is 426 g/mol. The lowest BCUT2D eigenvalue weighted by molar-refractivity contribution is -0.147. The predicted octanol–water partition coefficient (Wildman–Crippen LogP) is 5.06. The molecule has 5 heteroatoms. The zero-order valence-corrected chi connectivity index (χ0v) is 19.6. The minimum Gasteiger partial charge on any atom is -0.480 e. The van der Waals surface area contributed by atoms with E-state index in [-0.39, 0.29) is 24.5 Å². The van der Waals surface area contributed by atoms with E-state index >= 15 is 0 Å². The Bertz CT molecular complexity index is 1180. The number of carbonyl (C=O) groups is 2. The number of nitrogens with zero attached hydrogens (tertiary/aromatic N) is 1. The Kier molecular flexibility index (Phi) is 6.98. The van der Waals surface area contributed by atoms with Crippen LogP contribution in [0.5, 0.6) is 0 Å². The van der Waals surface area contributed by atoms with Gasteiger partial charge in [0.15, 0.2) is 0 Å². The maximum absolute atomic E-state index is 13.3. The number of carbonyl (C=O) groups excluding carboxylic acids is 1. The van der Waals surface area contributed by atoms with E-state index in [1.807, 2.05) is 60.7 Å². The summed E-state index contributed by atoms with van der Waals surface area (Å²) in [6.07, 6.45) is 3.02. The lowest BCUT2D eigenvalue weighted by Crippen LogP contribution is -2.54. The molecule has 2 unspecified atom stereocenters. The van der Waals surface area contributed by atoms with Crippen LogP contribution in [0.15, 0.2) is 76.9 Å². The third-order valence-electron chi connectivity index (χ3n) is 6.75. The average Bonchev–Trinajstić information content (AvgIpc) is 2.79. The fourth-order valence-electron chi connectivity index (χ4n) is 4.85. The van der Waals surface area contributed by atoms with Gasteiger partial charge in [0.05, 0.1) is 18.1 Å². The van der Waals surface area contributed by atoms with Gasteiger partial charge < -0.3 is 9.84 Å². The highest BCUT2D eigenvalue weighted by molar-refractivity contribution is 6.12. The molecule has 2 aromatic rings. The molecule has 2 aromatic carbocycles. The van der Waals surface area contributed by atoms with Crippen LogP contribution < -0.4 is 0 Å². The van der Waals surface area contributed by atoms with E-state index in [0.717, 1.165) is 30.4 Å². The Morgan fingerprint density at radius 3 is 2.29 bits per heavy atom. The number of benzene rings is 2. The highest BCUT2D eigenvalue weighted by Crippen LogP contribution is 2.48. The highest BCUT2D eigenvalue weighted by atomic mass is 16.5. The Morgan fingerprint density at radius 2 is 1.74 bits per heavy atom. The van der Waals surface area contributed by atoms with Gasteiger partial charge in [0.25, 0.3) is 0 Å². The minimum absolute atomic E-state index is 0.0690. The van der Waals surface area contributed by atoms with Crippen LogP contribution in [-0.4, -0.2) is 29.4 Å². The number of aliphatic imine (C=N–C) groups is 1. The lowest BCUT2D eigenvalue weighted by atomic mass is 9.58. The summed E-state index contributed by atoms with van der Waals surface area (Å²) in [5, 5.41) is 10.8. The number of hydrogen-bond acceptors (Lipinski definition) is 4. The summed E-state index contributed by atoms with van der Waals surface area (Å²) in [7, 11) is 0. The predicted molar refractivity (Wildman–Crippen MR) is 131 cm³/mol. The first kappa shape index (κ1) is 23.5. The van der Waals surface area contributed by atoms with Crippen molar-refractivity contribution < 1.29 is 19.4 Å². The second-order valence-electron chi connectivity index (χ2n) is 8.85. The molecule has 1 aliphatic carbocycles. The van der Waals surface area contributed by atoms with Gasteiger partial charge in [-0.25, -0.2) is 4.79 Å². The molecule has 4 rings (SSSR count). The largest absolute Gasteiger partial charge is 0.480 e. The molecule has 1 N–H and O–H groups in total. The zero-order valence-electron chi connectivity index (χ0n) is 19.6. The van der Waals surface area contributed by atoms with Gasteiger partial charge in [0.2, 0.25) is 0 Å². The number of rotatable bonds is 6. The van der Waals surface area contributed by atoms with Gasteiger partial charge in [-0.3, -0.25) is 9.79 Å². The fraction of sp³-hybridized carbons (Fsp3) is 0.345. The molecule has 0 radical (unpaired) electrons. The average molecular weight is 456 g/mol. The van der Waals surface area contributed by atoms with Crippen molar-refractivity contribution in [1.82, 2.24) is 0 Å². The monoisotopic (exact) mass is 455 g/mol. The van der Waals surface area contributed by atoms with Crippen molar-refractivity contribution >= 4 is 17.7 Å². The summed E-state index contributed by atoms with van der Waals surface area (Å²) in [4.78, 5) is 31.2. The molecule has 174 valence electrons. The molecule has 0 amide bonds. The number of ether oxygens (including phenoxy) is 1. The van der Waals surface area contributed by atoms with Crippen molar-refractivity contribution in [2.45, 2.75) is 39.5 Å². The second kappa shape index (κ2) is 10.1. The minimum atomic E-state index is -1.46. The first-order valence-corrected chi connectivity index (χ1v) is 11.8. The molecule has 5 nitrogen and oxygen atoms in total. The molecule has 0 aromatic heterocycles. The normalized spacial score (nSPS) is 22.2. The zero-order chi connectivity index (χ0) is 24.1. The van der Waals surface area contributed by atoms with Gasteiger partial charge >= 0.3 is 11.9 Å². The molecule has 0 saturated heterocycles. The molecule has 0 bridgehead atoms. The van der Waals surface area contributed by atoms with Crippen molar-refractivity contribution in [3.63, 3.8) is 0 Å². The van der Waals surface area contributed by atoms with Crippen molar-refractivity contribution in [2.75, 3.05) is 6.61 Å². The van der Waals surface area contributed by atoms with E-state index in [0.29, 0.717) is 11.4 Å². The van der Waals surface area contributed by atoms with E-state index in [1.54, 1.807) is 13.8 Å². The topological polar surface area (TPSA) is 76.0 Å². The van der Waals surface area contributed by atoms with Crippen molar-refractivity contribution in [1.29, 1.82) is 0 Å². The van der Waals surface area contributed by atoms with Crippen molar-refractivity contribution in [3.8, 4) is 11.8 Å². The molecule has 2 atom stereocenters. The molecule has 1 aliphatic heterocycles. The van der Waals surface area contributed by atoms with Gasteiger partial charge in [-0.2, -0.15) is 0 Å². The third-order valence-corrected chi connectivity index (χ3v) is 6.75. The summed E-state index contributed by atoms with van der Waals surface area (Å²) in [5.74, 6) is 3.97. The number of allylic oxidation sites excluding steroid dienone is 1. The number of hydrogen-bond donors (Lipinski definition) is 1. The summed E-state index contributed by atoms with van der Waals surface area (Å²) in [6, 6.07) is 18.9. The maximum atomic E-state index is 13.3. The number of carboxylic acid groups (broad SMARTS) is 1. The van der Waals surface area contributed by atoms with E-state index in [4.69, 9.17) is 9.73 Å². The van der Waals surface area contributed by atoms with Crippen molar-refractivity contribution in [3.05, 3.63) is 83.1 Å². The third kappa shape index (κ3) is 4.41. The van der Waals surface area contributed by atoms with Crippen LogP contribution in [0.2, 0.25) is 0 Å². The van der Waals surface area contributed by atoms with Gasteiger partial charge in [-0.15, -0.1) is 0 Å². The summed E-state index contributed by atoms with van der Waals surface area (Å²) in [5.41, 5.74) is 1.54. The maximum Gasteiger partial charge on any atom is 0.337 e. The van der Waals surface area contributed by atoms with Gasteiger partial charge in [-0.1, -0.05) is 66.8 Å². The first-order chi connectivity index (χ1) is 16.5. The van der Waals surface area contributed by atoms with Crippen LogP contribution >= 0.6 is 0 Å². The lowest BCUT2D eigenvalue weighted by Gasteiger charge is -2.44. The SMILES string of the molecule is CCOC(=O)C1=C(C)N=C(C2CCC2)C(Cc2ccccc2)(C(=O)O)C1C#Cc1ccccc1. The summed E-state index contributed by atoms with van der Waals surface area (Å²) >= 11 is 0. The van der Waals surface area contributed by atoms with Gasteiger partial charge in [0.1, 0.15) is 5.41 Å². The number of esters is 1. The van der Waals surface area contributed by atoms with E-state index in [9.17, 15) is 14.7 Å². The summed E-state index contributed by atoms with van der Waals surface area (Å²) < 4.78 is 5.37. The van der Waals surface area contributed by atoms with Gasteiger partial charge in [-0.05, 0) is 56.7 Å². The van der Waals surface area contributed by atoms with Crippen LogP contribution in [0.3, 0.4) is 0 Å². The number of aliphatic carboxylic acids is 1. The van der Waals surface area contributed by atoms with E-state index < -0.39 is 23.3 Å². The van der Waals surface area contributed by atoms with Crippen LogP contribution in [0.25, 0.3) is 0 Å². The standard InChI is InChI=1S/C29H29NO4/c1-3-34-27(31)25-20(2)30-26(23-15-10-16-23)29(28(32)33,19-22-13-8-5-9-14-22)24(25)18-17-21-11-6-4-7-12-21/h4-9,11-14,23-24H,3,10,15-16,19H2,1-2H3,(H,32,33). The Morgan fingerprint density at radius 1 is 1.09 bits per heavy atom. The van der Waals surface area contributed by atoms with Gasteiger partial charge in [0, 0.05) is 17.0 Å². The molecule has 2 aliphatic rings. The Labute approximate surface area is 200 Å². The van der Waals surface area contributed by atoms with Crippen LogP contribution in [-0.2, 0) is 20.7 Å². The molecule has 1 heterocycles. The van der Waals surface area contributed by atoms with Crippen LogP contribution in [0.4, 0.5) is 0 Å². The number of carboxylic acids is 1. The summed E-state index contributed by atoms with van der Waals surface area (Å²) in [6.45, 7) is 3.68. The smallest absolute Gasteiger partial charge is 0.337 e. The Hall–Kier alpha value is -3.65. The Balaban J connectivity index is 1.95. The van der Waals surface area contributed by atoms with E-state index in [2.05, 4.69) is 11.8 Å². The second-order valence-corrected chi connectivity index (χ2v) is 8.85. The molecule has 1 fully saturated rings.